The van der Waals surface area contributed by atoms with Gasteiger partial charge in [-0.15, -0.1) is 0 Å². The lowest BCUT2D eigenvalue weighted by Gasteiger charge is -2.13. The Hall–Kier alpha value is -1.94. The Balaban J connectivity index is 2.34. The van der Waals surface area contributed by atoms with E-state index in [2.05, 4.69) is 0 Å². The van der Waals surface area contributed by atoms with Crippen LogP contribution in [0.1, 0.15) is 18.5 Å². The van der Waals surface area contributed by atoms with E-state index in [4.69, 9.17) is 10.5 Å². The third-order valence-electron chi connectivity index (χ3n) is 2.52. The summed E-state index contributed by atoms with van der Waals surface area (Å²) in [6.45, 7) is 1.81. The van der Waals surface area contributed by atoms with Crippen LogP contribution in [0.4, 0.5) is 8.78 Å². The largest absolute Gasteiger partial charge is 0.454 e. The third-order valence-corrected chi connectivity index (χ3v) is 2.52. The van der Waals surface area contributed by atoms with Crippen LogP contribution in [0, 0.1) is 11.6 Å². The van der Waals surface area contributed by atoms with E-state index in [0.29, 0.717) is 5.75 Å². The minimum absolute atomic E-state index is 0.0236. The van der Waals surface area contributed by atoms with Gasteiger partial charge in [-0.2, -0.15) is 0 Å². The Morgan fingerprint density at radius 2 is 1.78 bits per heavy atom. The molecule has 1 atom stereocenters. The molecule has 0 saturated carbocycles. The molecule has 2 aromatic rings. The van der Waals surface area contributed by atoms with Crippen LogP contribution in [0.15, 0.2) is 42.5 Å². The molecule has 4 heteroatoms. The van der Waals surface area contributed by atoms with E-state index < -0.39 is 11.6 Å². The molecule has 0 spiro atoms. The molecule has 0 saturated heterocycles. The molecule has 0 unspecified atom stereocenters. The van der Waals surface area contributed by atoms with E-state index in [9.17, 15) is 8.78 Å². The van der Waals surface area contributed by atoms with Gasteiger partial charge in [0, 0.05) is 17.7 Å². The zero-order chi connectivity index (χ0) is 13.1. The molecule has 94 valence electrons. The van der Waals surface area contributed by atoms with Gasteiger partial charge in [0.2, 0.25) is 0 Å². The monoisotopic (exact) mass is 249 g/mol. The van der Waals surface area contributed by atoms with Crippen LogP contribution in [0.5, 0.6) is 11.5 Å². The van der Waals surface area contributed by atoms with Gasteiger partial charge >= 0.3 is 0 Å². The van der Waals surface area contributed by atoms with Crippen molar-refractivity contribution in [1.29, 1.82) is 0 Å². The fourth-order valence-corrected chi connectivity index (χ4v) is 1.63. The van der Waals surface area contributed by atoms with E-state index in [1.165, 1.54) is 6.07 Å². The molecule has 2 N–H and O–H groups in total. The van der Waals surface area contributed by atoms with Gasteiger partial charge in [-0.05, 0) is 25.1 Å². The van der Waals surface area contributed by atoms with Gasteiger partial charge in [-0.3, -0.25) is 0 Å². The summed E-state index contributed by atoms with van der Waals surface area (Å²) in [5.74, 6) is -0.933. The molecule has 0 aliphatic heterocycles. The molecule has 0 amide bonds. The van der Waals surface area contributed by atoms with Crippen LogP contribution in [0.3, 0.4) is 0 Å². The average Bonchev–Trinajstić information content (AvgIpc) is 2.33. The summed E-state index contributed by atoms with van der Waals surface area (Å²) in [5, 5.41) is 0. The average molecular weight is 249 g/mol. The molecule has 2 aromatic carbocycles. The highest BCUT2D eigenvalue weighted by atomic mass is 19.1. The zero-order valence-electron chi connectivity index (χ0n) is 9.86. The van der Waals surface area contributed by atoms with Crippen LogP contribution in [-0.2, 0) is 0 Å². The fraction of sp³-hybridized carbons (Fsp3) is 0.143. The summed E-state index contributed by atoms with van der Waals surface area (Å²) >= 11 is 0. The second kappa shape index (κ2) is 5.14. The first-order chi connectivity index (χ1) is 8.58. The van der Waals surface area contributed by atoms with Gasteiger partial charge in [0.05, 0.1) is 0 Å². The molecule has 0 aromatic heterocycles. The Morgan fingerprint density at radius 1 is 1.06 bits per heavy atom. The lowest BCUT2D eigenvalue weighted by molar-refractivity contribution is 0.431. The van der Waals surface area contributed by atoms with Gasteiger partial charge in [0.15, 0.2) is 11.6 Å². The molecule has 0 bridgehead atoms. The predicted molar refractivity (Wildman–Crippen MR) is 65.5 cm³/mol. The second-order valence-electron chi connectivity index (χ2n) is 4.00. The Bertz CT molecular complexity index is 555. The van der Waals surface area contributed by atoms with E-state index in [0.717, 1.165) is 17.7 Å². The Labute approximate surface area is 104 Å². The quantitative estimate of drug-likeness (QED) is 0.898. The van der Waals surface area contributed by atoms with Crippen molar-refractivity contribution in [3.8, 4) is 11.5 Å². The summed E-state index contributed by atoms with van der Waals surface area (Å²) < 4.78 is 31.7. The van der Waals surface area contributed by atoms with Gasteiger partial charge in [-0.25, -0.2) is 8.78 Å². The number of ether oxygens (including phenoxy) is 1. The maximum atomic E-state index is 13.5. The summed E-state index contributed by atoms with van der Waals surface area (Å²) in [6, 6.07) is 10.0. The van der Waals surface area contributed by atoms with Gasteiger partial charge < -0.3 is 10.5 Å². The van der Waals surface area contributed by atoms with Crippen molar-refractivity contribution in [1.82, 2.24) is 0 Å². The van der Waals surface area contributed by atoms with Crippen molar-refractivity contribution in [3.05, 3.63) is 59.7 Å². The minimum atomic E-state index is -0.741. The number of nitrogens with two attached hydrogens (primary N) is 1. The van der Waals surface area contributed by atoms with Crippen molar-refractivity contribution in [2.24, 2.45) is 5.73 Å². The number of rotatable bonds is 3. The van der Waals surface area contributed by atoms with Gasteiger partial charge in [0.25, 0.3) is 0 Å². The van der Waals surface area contributed by atoms with Gasteiger partial charge in [-0.1, -0.05) is 18.2 Å². The minimum Gasteiger partial charge on any atom is -0.454 e. The number of para-hydroxylation sites is 1. The highest BCUT2D eigenvalue weighted by Gasteiger charge is 2.11. The van der Waals surface area contributed by atoms with E-state index in [1.807, 2.05) is 13.0 Å². The molecule has 0 aliphatic rings. The van der Waals surface area contributed by atoms with Crippen LogP contribution >= 0.6 is 0 Å². The van der Waals surface area contributed by atoms with Crippen molar-refractivity contribution < 1.29 is 13.5 Å². The lowest BCUT2D eigenvalue weighted by atomic mass is 10.1. The maximum Gasteiger partial charge on any atom is 0.168 e. The topological polar surface area (TPSA) is 35.2 Å². The molecular formula is C14H13F2NO. The normalized spacial score (nSPS) is 12.2. The zero-order valence-corrected chi connectivity index (χ0v) is 9.86. The molecule has 0 heterocycles. The van der Waals surface area contributed by atoms with Crippen LogP contribution in [0.25, 0.3) is 0 Å². The van der Waals surface area contributed by atoms with Crippen LogP contribution in [-0.4, -0.2) is 0 Å². The predicted octanol–water partition coefficient (Wildman–Crippen LogP) is 3.78. The Morgan fingerprint density at radius 3 is 2.44 bits per heavy atom. The number of benzene rings is 2. The van der Waals surface area contributed by atoms with Crippen molar-refractivity contribution >= 4 is 0 Å². The van der Waals surface area contributed by atoms with E-state index in [1.54, 1.807) is 18.2 Å². The molecule has 0 radical (unpaired) electrons. The molecule has 2 nitrogen and oxygen atoms in total. The van der Waals surface area contributed by atoms with Crippen molar-refractivity contribution in [3.63, 3.8) is 0 Å². The highest BCUT2D eigenvalue weighted by molar-refractivity contribution is 5.39. The highest BCUT2D eigenvalue weighted by Crippen LogP contribution is 2.30. The summed E-state index contributed by atoms with van der Waals surface area (Å²) in [7, 11) is 0. The number of halogens is 2. The smallest absolute Gasteiger partial charge is 0.168 e. The first-order valence-corrected chi connectivity index (χ1v) is 5.55. The second-order valence-corrected chi connectivity index (χ2v) is 4.00. The molecule has 0 aliphatic carbocycles. The Kier molecular flexibility index (Phi) is 3.58. The first-order valence-electron chi connectivity index (χ1n) is 5.55. The number of hydrogen-bond donors (Lipinski definition) is 1. The van der Waals surface area contributed by atoms with E-state index >= 15 is 0 Å². The summed E-state index contributed by atoms with van der Waals surface area (Å²) in [4.78, 5) is 0. The number of hydrogen-bond acceptors (Lipinski definition) is 2. The van der Waals surface area contributed by atoms with E-state index in [-0.39, 0.29) is 11.8 Å². The van der Waals surface area contributed by atoms with Crippen LogP contribution in [0.2, 0.25) is 0 Å². The SMILES string of the molecule is C[C@@H](N)c1ccccc1Oc1ccc(F)cc1F. The molecular weight excluding hydrogens is 236 g/mol. The standard InChI is InChI=1S/C14H13F2NO/c1-9(17)11-4-2-3-5-13(11)18-14-7-6-10(15)8-12(14)16/h2-9H,17H2,1H3/t9-/m1/s1. The first kappa shape index (κ1) is 12.5. The summed E-state index contributed by atoms with van der Waals surface area (Å²) in [6.07, 6.45) is 0. The maximum absolute atomic E-state index is 13.5. The molecule has 2 rings (SSSR count). The fourth-order valence-electron chi connectivity index (χ4n) is 1.63. The van der Waals surface area contributed by atoms with Gasteiger partial charge in [0.1, 0.15) is 11.6 Å². The van der Waals surface area contributed by atoms with Crippen LogP contribution < -0.4 is 10.5 Å². The third kappa shape index (κ3) is 2.65. The van der Waals surface area contributed by atoms with Crippen molar-refractivity contribution in [2.45, 2.75) is 13.0 Å². The summed E-state index contributed by atoms with van der Waals surface area (Å²) in [5.41, 5.74) is 6.56. The molecule has 0 fully saturated rings. The molecule has 18 heavy (non-hydrogen) atoms. The lowest BCUT2D eigenvalue weighted by Crippen LogP contribution is -2.06. The van der Waals surface area contributed by atoms with Crippen molar-refractivity contribution in [2.75, 3.05) is 0 Å².